The van der Waals surface area contributed by atoms with Gasteiger partial charge in [-0.05, 0) is 26.2 Å². The van der Waals surface area contributed by atoms with Gasteiger partial charge in [0.25, 0.3) is 10.2 Å². The summed E-state index contributed by atoms with van der Waals surface area (Å²) >= 11 is 0. The highest BCUT2D eigenvalue weighted by molar-refractivity contribution is 7.87. The SMILES string of the molecule is CN(C)[C@@H](CNS(=O)(=O)N(C)C)c1ccco1. The van der Waals surface area contributed by atoms with Gasteiger partial charge >= 0.3 is 0 Å². The molecule has 1 aromatic heterocycles. The van der Waals surface area contributed by atoms with Crippen molar-refractivity contribution >= 4 is 10.2 Å². The molecule has 0 aliphatic heterocycles. The lowest BCUT2D eigenvalue weighted by atomic mass is 10.2. The maximum absolute atomic E-state index is 11.6. The molecular formula is C10H19N3O3S. The smallest absolute Gasteiger partial charge is 0.278 e. The molecule has 0 spiro atoms. The van der Waals surface area contributed by atoms with E-state index in [1.165, 1.54) is 14.1 Å². The van der Waals surface area contributed by atoms with Crippen molar-refractivity contribution in [2.45, 2.75) is 6.04 Å². The Labute approximate surface area is 102 Å². The van der Waals surface area contributed by atoms with Crippen molar-refractivity contribution in [3.05, 3.63) is 24.2 Å². The van der Waals surface area contributed by atoms with Crippen LogP contribution < -0.4 is 4.72 Å². The summed E-state index contributed by atoms with van der Waals surface area (Å²) in [6, 6.07) is 3.49. The van der Waals surface area contributed by atoms with E-state index in [0.717, 1.165) is 10.1 Å². The minimum Gasteiger partial charge on any atom is -0.468 e. The van der Waals surface area contributed by atoms with Crippen molar-refractivity contribution in [1.29, 1.82) is 0 Å². The van der Waals surface area contributed by atoms with Gasteiger partial charge in [0.2, 0.25) is 0 Å². The molecule has 0 saturated carbocycles. The summed E-state index contributed by atoms with van der Waals surface area (Å²) in [6.45, 7) is 0.265. The fourth-order valence-electron chi connectivity index (χ4n) is 1.33. The Morgan fingerprint density at radius 1 is 1.35 bits per heavy atom. The quantitative estimate of drug-likeness (QED) is 0.798. The molecule has 17 heavy (non-hydrogen) atoms. The predicted molar refractivity (Wildman–Crippen MR) is 65.7 cm³/mol. The molecule has 1 heterocycles. The molecule has 6 nitrogen and oxygen atoms in total. The molecule has 1 atom stereocenters. The molecule has 0 aromatic carbocycles. The first kappa shape index (κ1) is 14.2. The second-order valence-electron chi connectivity index (χ2n) is 4.13. The lowest BCUT2D eigenvalue weighted by molar-refractivity contribution is 0.258. The minimum atomic E-state index is -3.40. The van der Waals surface area contributed by atoms with Gasteiger partial charge in [0.05, 0.1) is 12.3 Å². The first-order valence-corrected chi connectivity index (χ1v) is 6.65. The first-order valence-electron chi connectivity index (χ1n) is 5.21. The van der Waals surface area contributed by atoms with Crippen molar-refractivity contribution in [3.63, 3.8) is 0 Å². The van der Waals surface area contributed by atoms with Crippen LogP contribution in [-0.4, -0.2) is 52.4 Å². The van der Waals surface area contributed by atoms with Crippen molar-refractivity contribution in [1.82, 2.24) is 13.9 Å². The van der Waals surface area contributed by atoms with Crippen molar-refractivity contribution in [2.75, 3.05) is 34.7 Å². The van der Waals surface area contributed by atoms with Crippen LogP contribution in [0, 0.1) is 0 Å². The van der Waals surface area contributed by atoms with Crippen molar-refractivity contribution in [3.8, 4) is 0 Å². The van der Waals surface area contributed by atoms with Gasteiger partial charge in [0.15, 0.2) is 0 Å². The normalized spacial score (nSPS) is 14.5. The number of nitrogens with one attached hydrogen (secondary N) is 1. The number of nitrogens with zero attached hydrogens (tertiary/aromatic N) is 2. The van der Waals surface area contributed by atoms with Gasteiger partial charge in [-0.1, -0.05) is 0 Å². The highest BCUT2D eigenvalue weighted by Gasteiger charge is 2.21. The fourth-order valence-corrected chi connectivity index (χ4v) is 1.96. The number of rotatable bonds is 6. The first-order chi connectivity index (χ1) is 7.84. The van der Waals surface area contributed by atoms with Crippen LogP contribution in [0.4, 0.5) is 0 Å². The van der Waals surface area contributed by atoms with Gasteiger partial charge in [-0.15, -0.1) is 0 Å². The zero-order valence-electron chi connectivity index (χ0n) is 10.5. The van der Waals surface area contributed by atoms with Gasteiger partial charge in [-0.2, -0.15) is 12.7 Å². The van der Waals surface area contributed by atoms with Crippen LogP contribution >= 0.6 is 0 Å². The van der Waals surface area contributed by atoms with Gasteiger partial charge in [0.1, 0.15) is 5.76 Å². The van der Waals surface area contributed by atoms with E-state index in [0.29, 0.717) is 0 Å². The third-order valence-electron chi connectivity index (χ3n) is 2.43. The van der Waals surface area contributed by atoms with Gasteiger partial charge in [0, 0.05) is 20.6 Å². The highest BCUT2D eigenvalue weighted by atomic mass is 32.2. The molecule has 0 saturated heterocycles. The summed E-state index contributed by atoms with van der Waals surface area (Å²) in [6.07, 6.45) is 1.58. The van der Waals surface area contributed by atoms with Crippen molar-refractivity contribution < 1.29 is 12.8 Å². The number of likely N-dealkylation sites (N-methyl/N-ethyl adjacent to an activating group) is 1. The lowest BCUT2D eigenvalue weighted by Crippen LogP contribution is -2.40. The van der Waals surface area contributed by atoms with Crippen LogP contribution in [0.1, 0.15) is 11.8 Å². The fraction of sp³-hybridized carbons (Fsp3) is 0.600. The standard InChI is InChI=1S/C10H19N3O3S/c1-12(2)9(10-6-5-7-16-10)8-11-17(14,15)13(3)4/h5-7,9,11H,8H2,1-4H3/t9-/m0/s1. The van der Waals surface area contributed by atoms with Crippen LogP contribution in [0.3, 0.4) is 0 Å². The minimum absolute atomic E-state index is 0.125. The molecule has 7 heteroatoms. The molecule has 1 aromatic rings. The predicted octanol–water partition coefficient (Wildman–Crippen LogP) is 0.278. The van der Waals surface area contributed by atoms with Crippen LogP contribution in [-0.2, 0) is 10.2 Å². The van der Waals surface area contributed by atoms with Crippen molar-refractivity contribution in [2.24, 2.45) is 0 Å². The Balaban J connectivity index is 2.71. The summed E-state index contributed by atoms with van der Waals surface area (Å²) in [5.74, 6) is 0.733. The van der Waals surface area contributed by atoms with E-state index in [1.807, 2.05) is 25.1 Å². The lowest BCUT2D eigenvalue weighted by Gasteiger charge is -2.23. The van der Waals surface area contributed by atoms with Crippen LogP contribution in [0.15, 0.2) is 22.8 Å². The third kappa shape index (κ3) is 3.81. The molecule has 98 valence electrons. The monoisotopic (exact) mass is 261 g/mol. The number of hydrogen-bond acceptors (Lipinski definition) is 4. The van der Waals surface area contributed by atoms with Gasteiger partial charge < -0.3 is 4.42 Å². The van der Waals surface area contributed by atoms with Gasteiger partial charge in [-0.25, -0.2) is 4.72 Å². The largest absolute Gasteiger partial charge is 0.468 e. The Kier molecular flexibility index (Phi) is 4.70. The molecule has 0 unspecified atom stereocenters. The zero-order chi connectivity index (χ0) is 13.1. The Morgan fingerprint density at radius 2 is 2.00 bits per heavy atom. The van der Waals surface area contributed by atoms with Crippen LogP contribution in [0.25, 0.3) is 0 Å². The van der Waals surface area contributed by atoms with E-state index in [9.17, 15) is 8.42 Å². The molecule has 0 aliphatic rings. The highest BCUT2D eigenvalue weighted by Crippen LogP contribution is 2.17. The second-order valence-corrected chi connectivity index (χ2v) is 6.10. The Morgan fingerprint density at radius 3 is 2.41 bits per heavy atom. The third-order valence-corrected chi connectivity index (χ3v) is 3.93. The molecule has 0 aliphatic carbocycles. The molecule has 0 fully saturated rings. The van der Waals surface area contributed by atoms with E-state index in [-0.39, 0.29) is 12.6 Å². The maximum atomic E-state index is 11.6. The maximum Gasteiger partial charge on any atom is 0.278 e. The molecule has 1 rings (SSSR count). The van der Waals surface area contributed by atoms with Crippen LogP contribution in [0.5, 0.6) is 0 Å². The average molecular weight is 261 g/mol. The van der Waals surface area contributed by atoms with E-state index in [4.69, 9.17) is 4.42 Å². The average Bonchev–Trinajstić information content (AvgIpc) is 2.70. The zero-order valence-corrected chi connectivity index (χ0v) is 11.4. The van der Waals surface area contributed by atoms with E-state index >= 15 is 0 Å². The summed E-state index contributed by atoms with van der Waals surface area (Å²) in [4.78, 5) is 1.90. The van der Waals surface area contributed by atoms with Crippen LogP contribution in [0.2, 0.25) is 0 Å². The number of hydrogen-bond donors (Lipinski definition) is 1. The van der Waals surface area contributed by atoms with Gasteiger partial charge in [-0.3, -0.25) is 4.90 Å². The molecule has 0 amide bonds. The molecule has 0 bridgehead atoms. The number of furan rings is 1. The summed E-state index contributed by atoms with van der Waals surface area (Å²) in [5, 5.41) is 0. The Bertz CT molecular complexity index is 426. The second kappa shape index (κ2) is 5.63. The summed E-state index contributed by atoms with van der Waals surface area (Å²) in [5.41, 5.74) is 0. The summed E-state index contributed by atoms with van der Waals surface area (Å²) < 4.78 is 32.1. The molecular weight excluding hydrogens is 242 g/mol. The molecule has 1 N–H and O–H groups in total. The molecule has 0 radical (unpaired) electrons. The topological polar surface area (TPSA) is 65.8 Å². The summed E-state index contributed by atoms with van der Waals surface area (Å²) in [7, 11) is 3.31. The van der Waals surface area contributed by atoms with E-state index in [2.05, 4.69) is 4.72 Å². The Hall–Kier alpha value is -0.890. The van der Waals surface area contributed by atoms with E-state index in [1.54, 1.807) is 12.3 Å². The van der Waals surface area contributed by atoms with E-state index < -0.39 is 10.2 Å².